The fourth-order valence-corrected chi connectivity index (χ4v) is 7.29. The summed E-state index contributed by atoms with van der Waals surface area (Å²) in [6, 6.07) is -8.63. The predicted octanol–water partition coefficient (Wildman–Crippen LogP) is 0.0902. The minimum atomic E-state index is -1.21. The maximum atomic E-state index is 14.0. The van der Waals surface area contributed by atoms with Crippen molar-refractivity contribution in [2.45, 2.75) is 180 Å². The number of nitrogens with two attached hydrogens (primary N) is 4. The number of hydrogen-bond donors (Lipinski definition) is 12. The van der Waals surface area contributed by atoms with Crippen LogP contribution in [-0.4, -0.2) is 132 Å². The molecule has 21 heteroatoms. The van der Waals surface area contributed by atoms with Crippen molar-refractivity contribution in [1.82, 2.24) is 37.2 Å². The first-order chi connectivity index (χ1) is 30.6. The lowest BCUT2D eigenvalue weighted by Crippen LogP contribution is -2.60. The molecule has 0 aromatic carbocycles. The lowest BCUT2D eigenvalue weighted by atomic mass is 9.99. The molecule has 0 aliphatic heterocycles. The SMILES string of the molecule is CSCCC(N)C(=O)NC(CCCCN)C(=O)NC(CC(C)C)C(=O)NC(C)C(=O)NC(CCCCN)C(=O)NC(CC(C)C)C(=O)NC(CC(C)C)C(=O)NC(CCCCN)C(=O)O. The average molecular weight is 944 g/mol. The Morgan fingerprint density at radius 2 is 0.738 bits per heavy atom. The second-order valence-electron chi connectivity index (χ2n) is 18.1. The lowest BCUT2D eigenvalue weighted by Gasteiger charge is -2.28. The summed E-state index contributed by atoms with van der Waals surface area (Å²) in [5.74, 6) is -5.20. The molecule has 7 amide bonds. The molecule has 0 bridgehead atoms. The first kappa shape index (κ1) is 60.9. The van der Waals surface area contributed by atoms with Gasteiger partial charge < -0.3 is 65.3 Å². The van der Waals surface area contributed by atoms with Gasteiger partial charge in [-0.15, -0.1) is 0 Å². The molecule has 0 aliphatic carbocycles. The highest BCUT2D eigenvalue weighted by Crippen LogP contribution is 2.13. The third-order valence-corrected chi connectivity index (χ3v) is 11.1. The van der Waals surface area contributed by atoms with Crippen molar-refractivity contribution < 1.29 is 43.5 Å². The average Bonchev–Trinajstić information content (AvgIpc) is 3.22. The van der Waals surface area contributed by atoms with Gasteiger partial charge in [-0.05, 0) is 140 Å². The van der Waals surface area contributed by atoms with Crippen LogP contribution in [0.5, 0.6) is 0 Å². The fraction of sp³-hybridized carbons (Fsp3) is 0.818. The summed E-state index contributed by atoms with van der Waals surface area (Å²) in [6.07, 6.45) is 6.65. The Labute approximate surface area is 391 Å². The van der Waals surface area contributed by atoms with E-state index >= 15 is 0 Å². The summed E-state index contributed by atoms with van der Waals surface area (Å²) in [6.45, 7) is 13.7. The van der Waals surface area contributed by atoms with Gasteiger partial charge >= 0.3 is 5.97 Å². The van der Waals surface area contributed by atoms with E-state index in [1.165, 1.54) is 6.92 Å². The molecule has 8 unspecified atom stereocenters. The number of unbranched alkanes of at least 4 members (excludes halogenated alkanes) is 3. The molecule has 0 rings (SSSR count). The summed E-state index contributed by atoms with van der Waals surface area (Å²) in [4.78, 5) is 107. The second kappa shape index (κ2) is 34.3. The molecule has 0 radical (unpaired) electrons. The summed E-state index contributed by atoms with van der Waals surface area (Å²) >= 11 is 1.54. The van der Waals surface area contributed by atoms with Crippen molar-refractivity contribution in [3.63, 3.8) is 0 Å². The normalized spacial score (nSPS) is 15.1. The Bertz CT molecular complexity index is 1470. The van der Waals surface area contributed by atoms with Crippen LogP contribution in [0.3, 0.4) is 0 Å². The molecule has 8 atom stereocenters. The third kappa shape index (κ3) is 26.6. The van der Waals surface area contributed by atoms with Crippen molar-refractivity contribution >= 4 is 59.1 Å². The maximum absolute atomic E-state index is 14.0. The smallest absolute Gasteiger partial charge is 0.326 e. The van der Waals surface area contributed by atoms with Gasteiger partial charge in [-0.25, -0.2) is 4.79 Å². The van der Waals surface area contributed by atoms with E-state index in [1.807, 2.05) is 47.8 Å². The van der Waals surface area contributed by atoms with Gasteiger partial charge in [0.15, 0.2) is 0 Å². The molecule has 0 saturated heterocycles. The highest BCUT2D eigenvalue weighted by molar-refractivity contribution is 7.98. The van der Waals surface area contributed by atoms with E-state index in [0.717, 1.165) is 0 Å². The van der Waals surface area contributed by atoms with Crippen LogP contribution >= 0.6 is 11.8 Å². The Balaban J connectivity index is 6.24. The Morgan fingerprint density at radius 3 is 1.08 bits per heavy atom. The van der Waals surface area contributed by atoms with Crippen molar-refractivity contribution in [3.8, 4) is 0 Å². The largest absolute Gasteiger partial charge is 0.480 e. The summed E-state index contributed by atoms with van der Waals surface area (Å²) < 4.78 is 0. The number of thioether (sulfide) groups is 1. The van der Waals surface area contributed by atoms with E-state index in [-0.39, 0.29) is 56.3 Å². The van der Waals surface area contributed by atoms with Gasteiger partial charge in [-0.1, -0.05) is 41.5 Å². The number of carbonyl (C=O) groups is 8. The van der Waals surface area contributed by atoms with Crippen molar-refractivity contribution in [1.29, 1.82) is 0 Å². The zero-order chi connectivity index (χ0) is 49.6. The Morgan fingerprint density at radius 1 is 0.431 bits per heavy atom. The third-order valence-electron chi connectivity index (χ3n) is 10.5. The van der Waals surface area contributed by atoms with Gasteiger partial charge in [0.1, 0.15) is 42.3 Å². The Hall–Kier alpha value is -4.05. The number of carboxylic acids is 1. The van der Waals surface area contributed by atoms with Crippen molar-refractivity contribution in [2.24, 2.45) is 40.7 Å². The predicted molar refractivity (Wildman–Crippen MR) is 255 cm³/mol. The van der Waals surface area contributed by atoms with Crippen LogP contribution in [0.4, 0.5) is 0 Å². The zero-order valence-corrected chi connectivity index (χ0v) is 41.1. The van der Waals surface area contributed by atoms with Crippen molar-refractivity contribution in [2.75, 3.05) is 31.6 Å². The molecular weight excluding hydrogens is 859 g/mol. The van der Waals surface area contributed by atoms with Crippen LogP contribution in [0.1, 0.15) is 132 Å². The van der Waals surface area contributed by atoms with Gasteiger partial charge in [0.25, 0.3) is 0 Å². The summed E-state index contributed by atoms with van der Waals surface area (Å²) in [5.41, 5.74) is 23.0. The van der Waals surface area contributed by atoms with E-state index in [4.69, 9.17) is 22.9 Å². The molecule has 0 aromatic heterocycles. The standard InChI is InChI=1S/C44H85N11O9S/c1-26(2)23-34(53-40(59)32(16-10-13-20-46)51-38(57)30(48)18-22-65-8)41(60)49-29(7)37(56)50-31(15-9-12-19-45)39(58)54-36(25-28(5)6)43(62)55-35(24-27(3)4)42(61)52-33(44(63)64)17-11-14-21-47/h26-36H,9-25,45-48H2,1-8H3,(H,49,60)(H,50,56)(H,51,57)(H,52,61)(H,53,59)(H,54,58)(H,55,62)(H,63,64). The highest BCUT2D eigenvalue weighted by Gasteiger charge is 2.34. The van der Waals surface area contributed by atoms with Crippen LogP contribution in [0.25, 0.3) is 0 Å². The molecule has 376 valence electrons. The van der Waals surface area contributed by atoms with E-state index < -0.39 is 95.7 Å². The monoisotopic (exact) mass is 944 g/mol. The topological polar surface area (TPSA) is 345 Å². The van der Waals surface area contributed by atoms with E-state index in [1.54, 1.807) is 11.8 Å². The second-order valence-corrected chi connectivity index (χ2v) is 19.1. The van der Waals surface area contributed by atoms with Crippen LogP contribution in [0, 0.1) is 17.8 Å². The fourth-order valence-electron chi connectivity index (χ4n) is 6.80. The van der Waals surface area contributed by atoms with Gasteiger partial charge in [0.05, 0.1) is 6.04 Å². The Kier molecular flexibility index (Phi) is 32.2. The van der Waals surface area contributed by atoms with Gasteiger partial charge in [0.2, 0.25) is 41.4 Å². The van der Waals surface area contributed by atoms with Crippen LogP contribution in [0.15, 0.2) is 0 Å². The first-order valence-electron chi connectivity index (χ1n) is 23.3. The number of aliphatic carboxylic acids is 1. The van der Waals surface area contributed by atoms with E-state index in [0.29, 0.717) is 70.3 Å². The quantitative estimate of drug-likeness (QED) is 0.0371. The molecule has 0 aromatic rings. The number of rotatable bonds is 36. The van der Waals surface area contributed by atoms with E-state index in [2.05, 4.69) is 37.2 Å². The molecule has 20 nitrogen and oxygen atoms in total. The summed E-state index contributed by atoms with van der Waals surface area (Å²) in [7, 11) is 0. The zero-order valence-electron chi connectivity index (χ0n) is 40.3. The number of carboxylic acid groups (broad SMARTS) is 1. The van der Waals surface area contributed by atoms with Crippen LogP contribution in [-0.2, 0) is 38.4 Å². The van der Waals surface area contributed by atoms with Crippen LogP contribution in [0.2, 0.25) is 0 Å². The minimum absolute atomic E-state index is 0.0600. The minimum Gasteiger partial charge on any atom is -0.480 e. The van der Waals surface area contributed by atoms with Gasteiger partial charge in [-0.2, -0.15) is 11.8 Å². The first-order valence-corrected chi connectivity index (χ1v) is 24.7. The highest BCUT2D eigenvalue weighted by atomic mass is 32.2. The van der Waals surface area contributed by atoms with Crippen LogP contribution < -0.4 is 60.2 Å². The number of carbonyl (C=O) groups excluding carboxylic acids is 7. The molecule has 16 N–H and O–H groups in total. The molecular formula is C44H85N11O9S. The molecule has 65 heavy (non-hydrogen) atoms. The number of nitrogens with one attached hydrogen (secondary N) is 7. The maximum Gasteiger partial charge on any atom is 0.326 e. The summed E-state index contributed by atoms with van der Waals surface area (Å²) in [5, 5.41) is 28.6. The lowest BCUT2D eigenvalue weighted by molar-refractivity contribution is -0.142. The van der Waals surface area contributed by atoms with Crippen molar-refractivity contribution in [3.05, 3.63) is 0 Å². The van der Waals surface area contributed by atoms with Gasteiger partial charge in [-0.3, -0.25) is 33.6 Å². The van der Waals surface area contributed by atoms with E-state index in [9.17, 15) is 43.5 Å². The van der Waals surface area contributed by atoms with Gasteiger partial charge in [0, 0.05) is 0 Å². The molecule has 0 spiro atoms. The molecule has 0 fully saturated rings. The molecule has 0 aliphatic rings. The molecule has 0 heterocycles. The number of amides is 7. The number of hydrogen-bond acceptors (Lipinski definition) is 13. The molecule has 0 saturated carbocycles.